The summed E-state index contributed by atoms with van der Waals surface area (Å²) in [6.07, 6.45) is -13.4. The van der Waals surface area contributed by atoms with Crippen molar-refractivity contribution in [3.8, 4) is 6.07 Å². The molecule has 0 saturated carbocycles. The Hall–Kier alpha value is -1.75. The molecule has 0 aromatic rings. The first-order valence-electron chi connectivity index (χ1n) is 9.88. The predicted octanol–water partition coefficient (Wildman–Crippen LogP) is 1.52. The first-order chi connectivity index (χ1) is 17.3. The molecule has 2 saturated heterocycles. The molecule has 10 nitrogen and oxygen atoms in total. The van der Waals surface area contributed by atoms with Crippen LogP contribution < -0.4 is 5.73 Å². The van der Waals surface area contributed by atoms with Gasteiger partial charge in [0.1, 0.15) is 36.2 Å². The van der Waals surface area contributed by atoms with Gasteiger partial charge in [0.05, 0.1) is 19.2 Å². The van der Waals surface area contributed by atoms with Crippen molar-refractivity contribution in [2.24, 2.45) is 5.73 Å². The predicted molar refractivity (Wildman–Crippen MR) is 109 cm³/mol. The third-order valence-corrected chi connectivity index (χ3v) is 4.95. The minimum atomic E-state index is -5.62. The van der Waals surface area contributed by atoms with Crippen molar-refractivity contribution in [3.63, 3.8) is 0 Å². The van der Waals surface area contributed by atoms with E-state index in [0.717, 1.165) is 4.90 Å². The van der Waals surface area contributed by atoms with E-state index in [2.05, 4.69) is 4.74 Å². The largest absolute Gasteiger partial charge is 0.491 e. The average molecular weight is 748 g/mol. The van der Waals surface area contributed by atoms with Gasteiger partial charge in [0.15, 0.2) is 0 Å². The molecule has 4 atom stereocenters. The fourth-order valence-corrected chi connectivity index (χ4v) is 3.17. The maximum absolute atomic E-state index is 12.8. The molecule has 0 aliphatic carbocycles. The average Bonchev–Trinajstić information content (AvgIpc) is 3.40. The number of nitriles is 1. The molecule has 2 aliphatic heterocycles. The van der Waals surface area contributed by atoms with E-state index in [0.29, 0.717) is 0 Å². The molecule has 0 aromatic heterocycles. The van der Waals surface area contributed by atoms with E-state index in [9.17, 15) is 59.1 Å². The number of nitrogens with zero attached hydrogens (tertiary/aromatic N) is 3. The van der Waals surface area contributed by atoms with Gasteiger partial charge >= 0.3 is 24.3 Å². The van der Waals surface area contributed by atoms with Crippen LogP contribution in [0.4, 0.5) is 35.1 Å². The summed E-state index contributed by atoms with van der Waals surface area (Å²) in [5.41, 5.74) is 5.00. The smallest absolute Gasteiger partial charge is 0.380 e. The summed E-state index contributed by atoms with van der Waals surface area (Å²) in [7, 11) is 0. The monoisotopic (exact) mass is 747 g/mol. The molecule has 0 spiro atoms. The van der Waals surface area contributed by atoms with Gasteiger partial charge < -0.3 is 20.3 Å². The molecule has 1 radical (unpaired) electrons. The number of carbonyl (C=O) groups excluding carboxylic acids is 5. The van der Waals surface area contributed by atoms with E-state index < -0.39 is 60.5 Å². The number of halogens is 10. The van der Waals surface area contributed by atoms with Crippen LogP contribution >= 0.6 is 23.2 Å². The molecular formula is C18H18Cl2F8LaN4O6. The molecule has 2 rings (SSSR count). The molecule has 21 heteroatoms. The Morgan fingerprint density at radius 3 is 1.59 bits per heavy atom. The van der Waals surface area contributed by atoms with Crippen LogP contribution in [0.1, 0.15) is 12.8 Å². The van der Waals surface area contributed by atoms with Crippen LogP contribution in [-0.2, 0) is 28.7 Å². The van der Waals surface area contributed by atoms with E-state index >= 15 is 0 Å². The van der Waals surface area contributed by atoms with Crippen LogP contribution in [0.3, 0.4) is 0 Å². The first kappa shape index (κ1) is 39.4. The zero-order chi connectivity index (χ0) is 30.0. The number of esters is 2. The molecule has 219 valence electrons. The minimum absolute atomic E-state index is 0. The fraction of sp³-hybridized carbons (Fsp3) is 0.667. The van der Waals surface area contributed by atoms with Crippen molar-refractivity contribution in [1.29, 1.82) is 5.26 Å². The Labute approximate surface area is 252 Å². The third-order valence-electron chi connectivity index (χ3n) is 4.50. The molecule has 2 aliphatic rings. The number of primary amides is 1. The van der Waals surface area contributed by atoms with Crippen LogP contribution in [0.5, 0.6) is 0 Å². The number of alkyl halides is 10. The van der Waals surface area contributed by atoms with Gasteiger partial charge in [-0.25, -0.2) is 18.4 Å². The number of likely N-dealkylation sites (tertiary alicyclic amines) is 2. The number of hydrogen-bond acceptors (Lipinski definition) is 7. The van der Waals surface area contributed by atoms with Gasteiger partial charge in [-0.05, 0) is 0 Å². The molecule has 0 unspecified atom stereocenters. The Morgan fingerprint density at radius 2 is 1.23 bits per heavy atom. The zero-order valence-corrected chi connectivity index (χ0v) is 24.4. The van der Waals surface area contributed by atoms with Crippen LogP contribution in [0, 0.1) is 46.9 Å². The number of rotatable bonds is 3. The molecule has 0 bridgehead atoms. The summed E-state index contributed by atoms with van der Waals surface area (Å²) in [5.74, 6) is -8.35. The van der Waals surface area contributed by atoms with E-state index in [4.69, 9.17) is 34.2 Å². The maximum Gasteiger partial charge on any atom is 0.491 e. The van der Waals surface area contributed by atoms with Crippen LogP contribution in [0.2, 0.25) is 0 Å². The Balaban J connectivity index is 0. The van der Waals surface area contributed by atoms with Gasteiger partial charge in [0.2, 0.25) is 17.7 Å². The van der Waals surface area contributed by atoms with Crippen molar-refractivity contribution < 1.29 is 99.4 Å². The molecule has 39 heavy (non-hydrogen) atoms. The Bertz CT molecular complexity index is 913. The summed E-state index contributed by atoms with van der Waals surface area (Å²) in [6, 6.07) is 0.401. The quantitative estimate of drug-likeness (QED) is 0.199. The van der Waals surface area contributed by atoms with Crippen LogP contribution in [-0.4, -0.2) is 101 Å². The molecule has 3 amide bonds. The SMILES string of the molecule is N#C[C@@H]1C[C@H](F)CN1C(=O)CCl.NC(=O)[C@@H]1C[C@H](F)CN1C(=O)CCl.O=C(OC(=O)C(F)(F)F)C(F)(F)F.[La]. The van der Waals surface area contributed by atoms with Gasteiger partial charge in [0.25, 0.3) is 0 Å². The summed E-state index contributed by atoms with van der Waals surface area (Å²) in [6.45, 7) is -0.0804. The maximum atomic E-state index is 12.8. The molecule has 0 aromatic carbocycles. The van der Waals surface area contributed by atoms with Gasteiger partial charge in [-0.1, -0.05) is 0 Å². The van der Waals surface area contributed by atoms with Gasteiger partial charge in [0, 0.05) is 48.4 Å². The van der Waals surface area contributed by atoms with E-state index in [1.54, 1.807) is 0 Å². The normalized spacial score (nSPS) is 22.2. The summed E-state index contributed by atoms with van der Waals surface area (Å²) in [5, 5.41) is 8.54. The molecule has 2 N–H and O–H groups in total. The number of nitrogens with two attached hydrogens (primary N) is 1. The number of hydrogen-bond donors (Lipinski definition) is 1. The molecular weight excluding hydrogens is 730 g/mol. The zero-order valence-electron chi connectivity index (χ0n) is 19.3. The second-order valence-corrected chi connectivity index (χ2v) is 7.80. The Kier molecular flexibility index (Phi) is 17.3. The fourth-order valence-electron chi connectivity index (χ4n) is 2.87. The Morgan fingerprint density at radius 1 is 0.846 bits per heavy atom. The number of ether oxygens (including phenoxy) is 1. The van der Waals surface area contributed by atoms with Crippen molar-refractivity contribution >= 4 is 52.9 Å². The van der Waals surface area contributed by atoms with Gasteiger partial charge in [-0.2, -0.15) is 31.6 Å². The van der Waals surface area contributed by atoms with Crippen molar-refractivity contribution in [2.75, 3.05) is 24.8 Å². The van der Waals surface area contributed by atoms with Gasteiger partial charge in [-0.3, -0.25) is 14.4 Å². The van der Waals surface area contributed by atoms with Crippen LogP contribution in [0.25, 0.3) is 0 Å². The van der Waals surface area contributed by atoms with E-state index in [1.807, 2.05) is 6.07 Å². The summed E-state index contributed by atoms with van der Waals surface area (Å²) < 4.78 is 95.2. The second kappa shape index (κ2) is 17.2. The van der Waals surface area contributed by atoms with Crippen molar-refractivity contribution in [2.45, 2.75) is 49.6 Å². The molecule has 2 heterocycles. The van der Waals surface area contributed by atoms with Gasteiger partial charge in [-0.15, -0.1) is 23.2 Å². The molecule has 2 fully saturated rings. The standard InChI is InChI=1S/C7H10ClFN2O2.C7H8ClFN2O.C4F6O3.La/c8-2-6(12)11-3-4(9)1-5(11)7(10)13;8-2-7(12)11-4-5(9)1-6(11)3-10;5-3(6,7)1(11)13-2(12)4(8,9)10;/h4-5H,1-3H2,(H2,10,13);5-6H,1-2,4H2;;/t4-,5-;5-,6-;;/m00../s1. The van der Waals surface area contributed by atoms with Crippen molar-refractivity contribution in [1.82, 2.24) is 9.80 Å². The topological polar surface area (TPSA) is 151 Å². The first-order valence-corrected chi connectivity index (χ1v) is 10.9. The van der Waals surface area contributed by atoms with Crippen LogP contribution in [0.15, 0.2) is 0 Å². The minimum Gasteiger partial charge on any atom is -0.380 e. The summed E-state index contributed by atoms with van der Waals surface area (Å²) >= 11 is 10.6. The second-order valence-electron chi connectivity index (χ2n) is 7.26. The third kappa shape index (κ3) is 13.4. The summed E-state index contributed by atoms with van der Waals surface area (Å²) in [4.78, 5) is 54.5. The van der Waals surface area contributed by atoms with E-state index in [-0.39, 0.29) is 79.2 Å². The van der Waals surface area contributed by atoms with E-state index in [1.165, 1.54) is 4.90 Å². The number of amides is 3. The number of carbonyl (C=O) groups is 5. The van der Waals surface area contributed by atoms with Crippen molar-refractivity contribution in [3.05, 3.63) is 0 Å².